The molecule has 0 unspecified atom stereocenters. The monoisotopic (exact) mass is 411 g/mol. The predicted molar refractivity (Wildman–Crippen MR) is 108 cm³/mol. The van der Waals surface area contributed by atoms with Gasteiger partial charge in [0.1, 0.15) is 6.61 Å². The van der Waals surface area contributed by atoms with Gasteiger partial charge in [-0.25, -0.2) is 8.42 Å². The smallest absolute Gasteiger partial charge is 0.243 e. The van der Waals surface area contributed by atoms with Crippen LogP contribution in [-0.4, -0.2) is 37.3 Å². The first-order chi connectivity index (χ1) is 13.9. The maximum atomic E-state index is 12.8. The van der Waals surface area contributed by atoms with Crippen LogP contribution in [0.4, 0.5) is 0 Å². The van der Waals surface area contributed by atoms with Crippen LogP contribution < -0.4 is 0 Å². The number of benzene rings is 2. The lowest BCUT2D eigenvalue weighted by Gasteiger charge is -2.26. The van der Waals surface area contributed by atoms with Gasteiger partial charge in [-0.3, -0.25) is 4.79 Å². The van der Waals surface area contributed by atoms with Gasteiger partial charge in [0.25, 0.3) is 0 Å². The zero-order chi connectivity index (χ0) is 20.9. The highest BCUT2D eigenvalue weighted by Gasteiger charge is 2.28. The molecule has 0 bridgehead atoms. The van der Waals surface area contributed by atoms with Crippen molar-refractivity contribution in [1.29, 1.82) is 5.26 Å². The molecule has 0 atom stereocenters. The van der Waals surface area contributed by atoms with Crippen LogP contribution in [-0.2, 0) is 21.5 Å². The molecule has 150 valence electrons. The average Bonchev–Trinajstić information content (AvgIpc) is 2.74. The number of nitriles is 1. The van der Waals surface area contributed by atoms with E-state index in [9.17, 15) is 13.2 Å². The molecule has 1 saturated heterocycles. The lowest BCUT2D eigenvalue weighted by Crippen LogP contribution is -2.38. The van der Waals surface area contributed by atoms with Crippen molar-refractivity contribution in [2.45, 2.75) is 31.3 Å². The van der Waals surface area contributed by atoms with Crippen LogP contribution in [0.25, 0.3) is 0 Å². The third-order valence-corrected chi connectivity index (χ3v) is 6.59. The lowest BCUT2D eigenvalue weighted by atomic mass is 10.1. The van der Waals surface area contributed by atoms with Crippen LogP contribution in [0.5, 0.6) is 0 Å². The van der Waals surface area contributed by atoms with Gasteiger partial charge in [-0.2, -0.15) is 9.57 Å². The predicted octanol–water partition coefficient (Wildman–Crippen LogP) is 3.12. The van der Waals surface area contributed by atoms with E-state index in [0.29, 0.717) is 37.1 Å². The zero-order valence-electron chi connectivity index (χ0n) is 16.0. The summed E-state index contributed by atoms with van der Waals surface area (Å²) in [6.45, 7) is 2.34. The molecule has 1 aliphatic rings. The average molecular weight is 411 g/mol. The Kier molecular flexibility index (Phi) is 6.42. The summed E-state index contributed by atoms with van der Waals surface area (Å²) < 4.78 is 27.0. The number of oxime groups is 1. The van der Waals surface area contributed by atoms with Crippen LogP contribution in [0.3, 0.4) is 0 Å². The van der Waals surface area contributed by atoms with Crippen LogP contribution in [0, 0.1) is 11.3 Å². The molecule has 0 aliphatic carbocycles. The van der Waals surface area contributed by atoms with Crippen molar-refractivity contribution >= 4 is 21.5 Å². The van der Waals surface area contributed by atoms with E-state index in [1.165, 1.54) is 35.5 Å². The Balaban J connectivity index is 1.57. The molecule has 8 heteroatoms. The van der Waals surface area contributed by atoms with Gasteiger partial charge in [0.05, 0.1) is 22.2 Å². The van der Waals surface area contributed by atoms with Gasteiger partial charge in [-0.1, -0.05) is 29.4 Å². The quantitative estimate of drug-likeness (QED) is 0.537. The van der Waals surface area contributed by atoms with E-state index >= 15 is 0 Å². The number of hydrogen-bond acceptors (Lipinski definition) is 6. The first kappa shape index (κ1) is 20.7. The van der Waals surface area contributed by atoms with Crippen LogP contribution in [0.15, 0.2) is 58.6 Å². The molecule has 0 aromatic heterocycles. The highest BCUT2D eigenvalue weighted by atomic mass is 32.2. The summed E-state index contributed by atoms with van der Waals surface area (Å²) in [7, 11) is -3.60. The number of carbonyl (C=O) groups is 1. The van der Waals surface area contributed by atoms with Crippen LogP contribution >= 0.6 is 0 Å². The summed E-state index contributed by atoms with van der Waals surface area (Å²) in [4.78, 5) is 16.9. The Morgan fingerprint density at radius 3 is 2.48 bits per heavy atom. The van der Waals surface area contributed by atoms with Crippen molar-refractivity contribution in [3.8, 4) is 6.07 Å². The number of carbonyl (C=O) groups excluding carboxylic acids is 1. The standard InChI is InChI=1S/C21H21N3O4S/c1-16(25)19-5-7-21(8-6-19)29(26,27)24-11-9-20(10-12-24)23-28-15-18-4-2-3-17(13-18)14-22/h2-8,13H,9-12,15H2,1H3. The van der Waals surface area contributed by atoms with Crippen molar-refractivity contribution in [3.05, 3.63) is 65.2 Å². The van der Waals surface area contributed by atoms with Gasteiger partial charge in [-0.15, -0.1) is 0 Å². The highest BCUT2D eigenvalue weighted by Crippen LogP contribution is 2.20. The summed E-state index contributed by atoms with van der Waals surface area (Å²) >= 11 is 0. The SMILES string of the molecule is CC(=O)c1ccc(S(=O)(=O)N2CCC(=NOCc3cccc(C#N)c3)CC2)cc1. The Morgan fingerprint density at radius 1 is 1.17 bits per heavy atom. The van der Waals surface area contributed by atoms with Crippen LogP contribution in [0.1, 0.15) is 41.3 Å². The Morgan fingerprint density at radius 2 is 1.86 bits per heavy atom. The molecular weight excluding hydrogens is 390 g/mol. The maximum Gasteiger partial charge on any atom is 0.243 e. The highest BCUT2D eigenvalue weighted by molar-refractivity contribution is 7.89. The number of Topliss-reactive ketones (excluding diaryl/α,β-unsaturated/α-hetero) is 1. The second kappa shape index (κ2) is 8.99. The van der Waals surface area contributed by atoms with Crippen molar-refractivity contribution < 1.29 is 18.0 Å². The summed E-state index contributed by atoms with van der Waals surface area (Å²) in [5.41, 5.74) is 2.70. The fraction of sp³-hybridized carbons (Fsp3) is 0.286. The van der Waals surface area contributed by atoms with Gasteiger partial charge < -0.3 is 4.84 Å². The van der Waals surface area contributed by atoms with Crippen molar-refractivity contribution in [1.82, 2.24) is 4.31 Å². The van der Waals surface area contributed by atoms with E-state index < -0.39 is 10.0 Å². The molecule has 0 amide bonds. The fourth-order valence-electron chi connectivity index (χ4n) is 3.02. The molecule has 2 aromatic rings. The fourth-order valence-corrected chi connectivity index (χ4v) is 4.46. The molecule has 1 fully saturated rings. The van der Waals surface area contributed by atoms with E-state index in [-0.39, 0.29) is 17.3 Å². The number of rotatable bonds is 6. The lowest BCUT2D eigenvalue weighted by molar-refractivity contribution is 0.101. The van der Waals surface area contributed by atoms with Crippen LogP contribution in [0.2, 0.25) is 0 Å². The third kappa shape index (κ3) is 5.08. The van der Waals surface area contributed by atoms with E-state index in [4.69, 9.17) is 10.1 Å². The molecule has 0 saturated carbocycles. The molecular formula is C21H21N3O4S. The number of piperidine rings is 1. The minimum absolute atomic E-state index is 0.105. The summed E-state index contributed by atoms with van der Waals surface area (Å²) in [6.07, 6.45) is 0.978. The van der Waals surface area contributed by atoms with Gasteiger partial charge >= 0.3 is 0 Å². The molecule has 7 nitrogen and oxygen atoms in total. The second-order valence-corrected chi connectivity index (χ2v) is 8.67. The molecule has 2 aromatic carbocycles. The zero-order valence-corrected chi connectivity index (χ0v) is 16.9. The molecule has 29 heavy (non-hydrogen) atoms. The van der Waals surface area contributed by atoms with Crippen molar-refractivity contribution in [2.75, 3.05) is 13.1 Å². The number of hydrogen-bond donors (Lipinski definition) is 0. The van der Waals surface area contributed by atoms with Crippen molar-refractivity contribution in [2.24, 2.45) is 5.16 Å². The Hall–Kier alpha value is -3.02. The second-order valence-electron chi connectivity index (χ2n) is 6.73. The van der Waals surface area contributed by atoms with Gasteiger partial charge in [0.15, 0.2) is 5.78 Å². The largest absolute Gasteiger partial charge is 0.391 e. The van der Waals surface area contributed by atoms with E-state index in [2.05, 4.69) is 11.2 Å². The maximum absolute atomic E-state index is 12.8. The minimum Gasteiger partial charge on any atom is -0.391 e. The first-order valence-corrected chi connectivity index (χ1v) is 10.6. The van der Waals surface area contributed by atoms with Gasteiger partial charge in [-0.05, 0) is 36.8 Å². The summed E-state index contributed by atoms with van der Waals surface area (Å²) in [5, 5.41) is 13.0. The van der Waals surface area contributed by atoms with Gasteiger partial charge in [0.2, 0.25) is 10.0 Å². The van der Waals surface area contributed by atoms with E-state index in [0.717, 1.165) is 11.3 Å². The summed E-state index contributed by atoms with van der Waals surface area (Å²) in [5.74, 6) is -0.105. The normalized spacial score (nSPS) is 14.8. The molecule has 3 rings (SSSR count). The molecule has 0 radical (unpaired) electrons. The molecule has 1 heterocycles. The van der Waals surface area contributed by atoms with Gasteiger partial charge in [0, 0.05) is 31.5 Å². The minimum atomic E-state index is -3.60. The molecule has 0 spiro atoms. The first-order valence-electron chi connectivity index (χ1n) is 9.18. The summed E-state index contributed by atoms with van der Waals surface area (Å²) in [6, 6.07) is 15.2. The number of sulfonamides is 1. The molecule has 0 N–H and O–H groups in total. The van der Waals surface area contributed by atoms with Crippen molar-refractivity contribution in [3.63, 3.8) is 0 Å². The third-order valence-electron chi connectivity index (χ3n) is 4.68. The topological polar surface area (TPSA) is 99.8 Å². The Bertz CT molecular complexity index is 1060. The Labute approximate surface area is 170 Å². The number of ketones is 1. The number of nitrogens with zero attached hydrogens (tertiary/aromatic N) is 3. The molecule has 1 aliphatic heterocycles. The van der Waals surface area contributed by atoms with E-state index in [1.54, 1.807) is 18.2 Å². The van der Waals surface area contributed by atoms with E-state index in [1.807, 2.05) is 6.07 Å².